The van der Waals surface area contributed by atoms with E-state index >= 15 is 0 Å². The summed E-state index contributed by atoms with van der Waals surface area (Å²) in [7, 11) is 1.72. The third-order valence-corrected chi connectivity index (χ3v) is 7.12. The first kappa shape index (κ1) is 28.1. The fraction of sp³-hybridized carbons (Fsp3) is 0.640. The Morgan fingerprint density at radius 1 is 1.18 bits per heavy atom. The predicted molar refractivity (Wildman–Crippen MR) is 133 cm³/mol. The summed E-state index contributed by atoms with van der Waals surface area (Å²) in [5, 5.41) is 23.5. The average molecular weight is 495 g/mol. The van der Waals surface area contributed by atoms with Gasteiger partial charge in [0.25, 0.3) is 0 Å². The Morgan fingerprint density at radius 3 is 2.29 bits per heavy atom. The van der Waals surface area contributed by atoms with E-state index in [9.17, 15) is 19.5 Å². The van der Waals surface area contributed by atoms with Crippen LogP contribution in [0, 0.1) is 17.3 Å². The maximum Gasteiger partial charge on any atom is 0.243 e. The van der Waals surface area contributed by atoms with Crippen LogP contribution in [-0.4, -0.2) is 48.6 Å². The topological polar surface area (TPSA) is 120 Å². The van der Waals surface area contributed by atoms with Gasteiger partial charge < -0.3 is 26.4 Å². The quantitative estimate of drug-likeness (QED) is 0.302. The first-order valence-electron chi connectivity index (χ1n) is 11.8. The number of carbonyl (C=O) groups is 3. The summed E-state index contributed by atoms with van der Waals surface area (Å²) in [4.78, 5) is 38.5. The molecule has 5 N–H and O–H groups in total. The Bertz CT molecular complexity index is 870. The van der Waals surface area contributed by atoms with E-state index in [1.165, 1.54) is 0 Å². The highest BCUT2D eigenvalue weighted by Gasteiger charge is 2.47. The van der Waals surface area contributed by atoms with E-state index in [1.807, 2.05) is 13.8 Å². The number of rotatable bonds is 11. The van der Waals surface area contributed by atoms with Crippen LogP contribution in [0.5, 0.6) is 0 Å². The molecule has 9 heteroatoms. The van der Waals surface area contributed by atoms with Gasteiger partial charge in [-0.3, -0.25) is 14.4 Å². The first-order valence-corrected chi connectivity index (χ1v) is 12.2. The van der Waals surface area contributed by atoms with Crippen molar-refractivity contribution in [3.05, 3.63) is 34.9 Å². The van der Waals surface area contributed by atoms with Crippen LogP contribution in [0.4, 0.5) is 0 Å². The molecule has 8 nitrogen and oxygen atoms in total. The summed E-state index contributed by atoms with van der Waals surface area (Å²) in [6.45, 7) is 9.46. The number of carbonyl (C=O) groups excluding carboxylic acids is 3. The summed E-state index contributed by atoms with van der Waals surface area (Å²) in [5.41, 5.74) is -2.21. The van der Waals surface area contributed by atoms with Crippen LogP contribution in [-0.2, 0) is 20.0 Å². The molecule has 3 amide bonds. The van der Waals surface area contributed by atoms with Crippen molar-refractivity contribution in [3.8, 4) is 0 Å². The van der Waals surface area contributed by atoms with E-state index in [1.54, 1.807) is 52.1 Å². The van der Waals surface area contributed by atoms with Crippen molar-refractivity contribution in [1.82, 2.24) is 21.3 Å². The van der Waals surface area contributed by atoms with E-state index in [0.717, 1.165) is 6.42 Å². The molecule has 0 bridgehead atoms. The summed E-state index contributed by atoms with van der Waals surface area (Å²) in [5.74, 6) is -0.798. The zero-order chi connectivity index (χ0) is 25.7. The van der Waals surface area contributed by atoms with E-state index in [2.05, 4.69) is 21.3 Å². The summed E-state index contributed by atoms with van der Waals surface area (Å²) in [6.07, 6.45) is 1.22. The molecule has 1 fully saturated rings. The zero-order valence-corrected chi connectivity index (χ0v) is 21.8. The van der Waals surface area contributed by atoms with Crippen LogP contribution in [0.3, 0.4) is 0 Å². The Labute approximate surface area is 207 Å². The fourth-order valence-electron chi connectivity index (χ4n) is 4.07. The highest BCUT2D eigenvalue weighted by molar-refractivity contribution is 6.30. The van der Waals surface area contributed by atoms with E-state index in [4.69, 9.17) is 11.6 Å². The summed E-state index contributed by atoms with van der Waals surface area (Å²) in [6, 6.07) is 5.91. The number of amides is 3. The molecule has 34 heavy (non-hydrogen) atoms. The molecule has 1 aliphatic rings. The van der Waals surface area contributed by atoms with Gasteiger partial charge in [-0.2, -0.15) is 0 Å². The van der Waals surface area contributed by atoms with Gasteiger partial charge in [-0.25, -0.2) is 0 Å². The molecular formula is C25H39ClN4O4. The lowest BCUT2D eigenvalue weighted by molar-refractivity contribution is -0.148. The van der Waals surface area contributed by atoms with Crippen molar-refractivity contribution in [2.24, 2.45) is 17.3 Å². The molecule has 1 aromatic carbocycles. The third kappa shape index (κ3) is 6.71. The monoisotopic (exact) mass is 494 g/mol. The van der Waals surface area contributed by atoms with Crippen LogP contribution in [0.15, 0.2) is 24.3 Å². The zero-order valence-electron chi connectivity index (χ0n) is 21.0. The highest BCUT2D eigenvalue weighted by Crippen LogP contribution is 2.40. The summed E-state index contributed by atoms with van der Waals surface area (Å²) < 4.78 is 0. The van der Waals surface area contributed by atoms with Gasteiger partial charge in [-0.15, -0.1) is 0 Å². The number of benzene rings is 1. The van der Waals surface area contributed by atoms with Crippen LogP contribution in [0.1, 0.15) is 59.4 Å². The molecule has 0 aliphatic carbocycles. The molecule has 0 aromatic heterocycles. The van der Waals surface area contributed by atoms with Gasteiger partial charge in [0.05, 0.1) is 11.6 Å². The molecule has 190 valence electrons. The van der Waals surface area contributed by atoms with E-state index in [-0.39, 0.29) is 23.7 Å². The molecule has 4 unspecified atom stereocenters. The number of aliphatic hydroxyl groups is 1. The Morgan fingerprint density at radius 2 is 1.79 bits per heavy atom. The molecule has 4 atom stereocenters. The van der Waals surface area contributed by atoms with Crippen molar-refractivity contribution in [3.63, 3.8) is 0 Å². The molecule has 1 aromatic rings. The molecule has 2 rings (SSSR count). The van der Waals surface area contributed by atoms with Crippen molar-refractivity contribution in [2.45, 2.75) is 71.7 Å². The van der Waals surface area contributed by atoms with Gasteiger partial charge in [0.1, 0.15) is 11.6 Å². The van der Waals surface area contributed by atoms with E-state index < -0.39 is 29.1 Å². The van der Waals surface area contributed by atoms with Crippen LogP contribution >= 0.6 is 11.6 Å². The summed E-state index contributed by atoms with van der Waals surface area (Å²) >= 11 is 5.97. The van der Waals surface area contributed by atoms with Gasteiger partial charge in [-0.1, -0.05) is 37.6 Å². The van der Waals surface area contributed by atoms with Crippen molar-refractivity contribution in [1.29, 1.82) is 0 Å². The molecule has 0 saturated carbocycles. The lowest BCUT2D eigenvalue weighted by atomic mass is 9.71. The van der Waals surface area contributed by atoms with Crippen molar-refractivity contribution in [2.75, 3.05) is 13.6 Å². The molecule has 0 radical (unpaired) electrons. The largest absolute Gasteiger partial charge is 0.384 e. The minimum absolute atomic E-state index is 0.00675. The van der Waals surface area contributed by atoms with Gasteiger partial charge in [0.15, 0.2) is 0 Å². The second-order valence-corrected chi connectivity index (χ2v) is 10.7. The maximum absolute atomic E-state index is 13.4. The number of hydrogen-bond donors (Lipinski definition) is 5. The number of nitrogens with one attached hydrogen (secondary N) is 4. The maximum atomic E-state index is 13.4. The average Bonchev–Trinajstić information content (AvgIpc) is 3.16. The molecule has 1 aliphatic heterocycles. The standard InChI is InChI=1S/C25H39ClN4O4/c1-15(2)13-19(22(32)30-20(27-6)14-16-11-12-28-21(16)31)29-23(33)24(3,4)25(5,34)17-7-9-18(26)10-8-17/h7-10,15-16,19-20,27,34H,11-14H2,1-6H3,(H,28,31)(H,29,33)(H,30,32). The lowest BCUT2D eigenvalue weighted by Gasteiger charge is -2.40. The molecule has 1 heterocycles. The smallest absolute Gasteiger partial charge is 0.243 e. The predicted octanol–water partition coefficient (Wildman–Crippen LogP) is 2.29. The third-order valence-electron chi connectivity index (χ3n) is 6.87. The van der Waals surface area contributed by atoms with Crippen LogP contribution < -0.4 is 21.3 Å². The van der Waals surface area contributed by atoms with E-state index in [0.29, 0.717) is 30.0 Å². The van der Waals surface area contributed by atoms with Gasteiger partial charge in [0.2, 0.25) is 17.7 Å². The van der Waals surface area contributed by atoms with Gasteiger partial charge >= 0.3 is 0 Å². The molecule has 0 spiro atoms. The van der Waals surface area contributed by atoms with Gasteiger partial charge in [0, 0.05) is 17.5 Å². The Hall–Kier alpha value is -2.16. The SMILES string of the molecule is CNC(CC1CCNC1=O)NC(=O)C(CC(C)C)NC(=O)C(C)(C)C(C)(O)c1ccc(Cl)cc1. The minimum atomic E-state index is -1.51. The number of hydrogen-bond acceptors (Lipinski definition) is 5. The lowest BCUT2D eigenvalue weighted by Crippen LogP contribution is -2.58. The second-order valence-electron chi connectivity index (χ2n) is 10.2. The van der Waals surface area contributed by atoms with Crippen LogP contribution in [0.2, 0.25) is 5.02 Å². The second kappa shape index (κ2) is 11.5. The van der Waals surface area contributed by atoms with Crippen LogP contribution in [0.25, 0.3) is 0 Å². The normalized spacial score (nSPS) is 19.8. The minimum Gasteiger partial charge on any atom is -0.384 e. The number of halogens is 1. The Balaban J connectivity index is 2.15. The first-order chi connectivity index (χ1) is 15.8. The highest BCUT2D eigenvalue weighted by atomic mass is 35.5. The van der Waals surface area contributed by atoms with Gasteiger partial charge in [-0.05, 0) is 70.7 Å². The molecule has 1 saturated heterocycles. The van der Waals surface area contributed by atoms with Crippen molar-refractivity contribution < 1.29 is 19.5 Å². The Kier molecular flexibility index (Phi) is 9.51. The van der Waals surface area contributed by atoms with Crippen molar-refractivity contribution >= 4 is 29.3 Å². The fourth-order valence-corrected chi connectivity index (χ4v) is 4.20. The molecular weight excluding hydrogens is 456 g/mol.